The van der Waals surface area contributed by atoms with Crippen LogP contribution in [0.1, 0.15) is 10.4 Å². The molecule has 0 aliphatic carbocycles. The van der Waals surface area contributed by atoms with Crippen LogP contribution >= 0.6 is 22.9 Å². The molecule has 5 nitrogen and oxygen atoms in total. The number of hydrogen-bond acceptors (Lipinski definition) is 6. The maximum absolute atomic E-state index is 10.5. The van der Waals surface area contributed by atoms with Crippen LogP contribution in [0.5, 0.6) is 0 Å². The zero-order valence-corrected chi connectivity index (χ0v) is 14.2. The number of halogens is 1. The van der Waals surface area contributed by atoms with Crippen LogP contribution in [0.4, 0.5) is 0 Å². The number of carbonyl (C=O) groups excluding carboxylic acids is 1. The second kappa shape index (κ2) is 6.95. The Morgan fingerprint density at radius 3 is 2.13 bits per heavy atom. The summed E-state index contributed by atoms with van der Waals surface area (Å²) in [6.45, 7) is 0. The molecule has 10 heteroatoms. The Labute approximate surface area is 139 Å². The van der Waals surface area contributed by atoms with Crippen LogP contribution in [0.2, 0.25) is 4.34 Å². The average molecular weight is 287 g/mol. The topological polar surface area (TPSA) is 97.3 Å². The first kappa shape index (κ1) is 18.7. The van der Waals surface area contributed by atoms with Crippen LogP contribution in [0.15, 0.2) is 10.3 Å². The molecule has 0 saturated carbocycles. The van der Waals surface area contributed by atoms with Crippen molar-refractivity contribution in [3.05, 3.63) is 16.0 Å². The van der Waals surface area contributed by atoms with E-state index < -0.39 is 25.9 Å². The Morgan fingerprint density at radius 2 is 1.87 bits per heavy atom. The van der Waals surface area contributed by atoms with E-state index in [1.807, 2.05) is 0 Å². The van der Waals surface area contributed by atoms with Crippen molar-refractivity contribution >= 4 is 39.0 Å². The Kier molecular flexibility index (Phi) is 8.68. The third kappa shape index (κ3) is 5.03. The molecule has 0 unspecified atom stereocenters. The molecule has 1 aromatic heterocycles. The molecule has 0 fully saturated rings. The van der Waals surface area contributed by atoms with Gasteiger partial charge in [-0.15, -0.1) is 11.3 Å². The van der Waals surface area contributed by atoms with E-state index in [1.54, 1.807) is 0 Å². The second-order valence-electron chi connectivity index (χ2n) is 1.99. The zero-order valence-electron chi connectivity index (χ0n) is 7.81. The van der Waals surface area contributed by atoms with E-state index in [0.717, 1.165) is 6.07 Å². The fraction of sp³-hybridized carbons (Fsp3) is 0. The van der Waals surface area contributed by atoms with Crippen molar-refractivity contribution in [2.24, 2.45) is 0 Å². The molecule has 1 rings (SSSR count). The van der Waals surface area contributed by atoms with E-state index in [0.29, 0.717) is 11.3 Å². The maximum Gasteiger partial charge on any atom is 1.00 e. The average Bonchev–Trinajstić information content (AvgIpc) is 2.29. The fourth-order valence-electron chi connectivity index (χ4n) is 0.673. The zero-order chi connectivity index (χ0) is 10.2. The van der Waals surface area contributed by atoms with Gasteiger partial charge in [-0.05, 0) is 6.07 Å². The molecule has 1 aromatic rings. The maximum atomic E-state index is 10.5. The third-order valence-corrected chi connectivity index (χ3v) is 3.71. The minimum Gasteiger partial charge on any atom is -0.743 e. The van der Waals surface area contributed by atoms with Crippen LogP contribution < -0.4 is 64.2 Å². The number of carboxylic acids is 1. The molecule has 0 saturated heterocycles. The van der Waals surface area contributed by atoms with Gasteiger partial charge in [-0.2, -0.15) is 0 Å². The summed E-state index contributed by atoms with van der Waals surface area (Å²) in [4.78, 5) is 10.3. The molecule has 0 N–H and O–H groups in total. The Bertz CT molecular complexity index is 454. The fourth-order valence-corrected chi connectivity index (χ4v) is 2.85. The summed E-state index contributed by atoms with van der Waals surface area (Å²) in [6, 6.07) is 0.867. The van der Waals surface area contributed by atoms with Gasteiger partial charge in [0.15, 0.2) is 0 Å². The van der Waals surface area contributed by atoms with E-state index >= 15 is 0 Å². The minimum atomic E-state index is -4.79. The largest absolute Gasteiger partial charge is 1.00 e. The molecule has 0 bridgehead atoms. The summed E-state index contributed by atoms with van der Waals surface area (Å²) in [5.41, 5.74) is -0.690. The molecule has 15 heavy (non-hydrogen) atoms. The number of thiophene rings is 1. The van der Waals surface area contributed by atoms with Crippen molar-refractivity contribution in [3.63, 3.8) is 0 Å². The van der Waals surface area contributed by atoms with Crippen molar-refractivity contribution in [1.82, 2.24) is 0 Å². The second-order valence-corrected chi connectivity index (χ2v) is 5.25. The molecule has 0 aliphatic rings. The molecule has 0 radical (unpaired) electrons. The smallest absolute Gasteiger partial charge is 0.743 e. The molecule has 0 amide bonds. The van der Waals surface area contributed by atoms with Crippen LogP contribution in [0.25, 0.3) is 0 Å². The van der Waals surface area contributed by atoms with Gasteiger partial charge in [-0.25, -0.2) is 8.42 Å². The van der Waals surface area contributed by atoms with E-state index in [1.165, 1.54) is 0 Å². The molecular weight excluding hydrogens is 286 g/mol. The van der Waals surface area contributed by atoms with Gasteiger partial charge in [0, 0.05) is 5.56 Å². The van der Waals surface area contributed by atoms with Crippen LogP contribution in [-0.4, -0.2) is 18.9 Å². The number of rotatable bonds is 2. The van der Waals surface area contributed by atoms with Gasteiger partial charge < -0.3 is 14.5 Å². The molecule has 72 valence electrons. The third-order valence-electron chi connectivity index (χ3n) is 1.11. The summed E-state index contributed by atoms with van der Waals surface area (Å²) in [5.74, 6) is -1.74. The molecule has 0 spiro atoms. The van der Waals surface area contributed by atoms with Crippen molar-refractivity contribution in [1.29, 1.82) is 0 Å². The van der Waals surface area contributed by atoms with Crippen molar-refractivity contribution in [2.45, 2.75) is 4.21 Å². The Balaban J connectivity index is 0. The summed E-state index contributed by atoms with van der Waals surface area (Å²) in [6.07, 6.45) is 0. The van der Waals surface area contributed by atoms with Crippen LogP contribution in [0.3, 0.4) is 0 Å². The predicted octanol–water partition coefficient (Wildman–Crippen LogP) is -6.32. The van der Waals surface area contributed by atoms with Crippen molar-refractivity contribution in [2.75, 3.05) is 0 Å². The van der Waals surface area contributed by atoms with Gasteiger partial charge in [0.2, 0.25) is 0 Å². The molecule has 1 heterocycles. The SMILES string of the molecule is O=C([O-])c1cc(Cl)sc1S(=O)(=O)[O-].[Na+].[Na+]. The van der Waals surface area contributed by atoms with E-state index in [4.69, 9.17) is 11.6 Å². The van der Waals surface area contributed by atoms with E-state index in [2.05, 4.69) is 0 Å². The van der Waals surface area contributed by atoms with Gasteiger partial charge in [-0.3, -0.25) is 0 Å². The monoisotopic (exact) mass is 286 g/mol. The predicted molar refractivity (Wildman–Crippen MR) is 41.6 cm³/mol. The first-order chi connectivity index (χ1) is 5.82. The van der Waals surface area contributed by atoms with Crippen LogP contribution in [0, 0.1) is 0 Å². The molecular formula is C5HClNa2O5S2. The van der Waals surface area contributed by atoms with Gasteiger partial charge in [0.1, 0.15) is 14.3 Å². The standard InChI is InChI=1S/C5H3ClO5S2.2Na/c6-3-1-2(4(7)8)5(12-3)13(9,10)11;;/h1H,(H,7,8)(H,9,10,11);;/q;2*+1/p-2. The summed E-state index contributed by atoms with van der Waals surface area (Å²) >= 11 is 5.73. The number of hydrogen-bond donors (Lipinski definition) is 0. The Hall–Kier alpha value is 1.37. The molecule has 0 atom stereocenters. The molecule has 0 aromatic carbocycles. The summed E-state index contributed by atoms with van der Waals surface area (Å²) in [7, 11) is -4.79. The normalized spacial score (nSPS) is 10.0. The Morgan fingerprint density at radius 1 is 1.40 bits per heavy atom. The van der Waals surface area contributed by atoms with Crippen molar-refractivity contribution < 1.29 is 82.0 Å². The van der Waals surface area contributed by atoms with Gasteiger partial charge >= 0.3 is 59.1 Å². The van der Waals surface area contributed by atoms with E-state index in [-0.39, 0.29) is 63.5 Å². The summed E-state index contributed by atoms with van der Waals surface area (Å²) < 4.78 is 30.5. The number of carboxylic acid groups (broad SMARTS) is 1. The van der Waals surface area contributed by atoms with Crippen molar-refractivity contribution in [3.8, 4) is 0 Å². The van der Waals surface area contributed by atoms with E-state index in [9.17, 15) is 22.9 Å². The molecule has 0 aliphatic heterocycles. The van der Waals surface area contributed by atoms with Crippen LogP contribution in [-0.2, 0) is 10.1 Å². The number of carbonyl (C=O) groups is 1. The quantitative estimate of drug-likeness (QED) is 0.398. The first-order valence-corrected chi connectivity index (χ1v) is 5.39. The van der Waals surface area contributed by atoms with Gasteiger partial charge in [-0.1, -0.05) is 11.6 Å². The summed E-state index contributed by atoms with van der Waals surface area (Å²) in [5, 5.41) is 10.3. The minimum absolute atomic E-state index is 0. The van der Waals surface area contributed by atoms with Gasteiger partial charge in [0.25, 0.3) is 0 Å². The first-order valence-electron chi connectivity index (χ1n) is 2.79. The van der Waals surface area contributed by atoms with Gasteiger partial charge in [0.05, 0.1) is 10.3 Å². The number of aromatic carboxylic acids is 1.